The number of benzene rings is 1. The highest BCUT2D eigenvalue weighted by molar-refractivity contribution is 5.94. The number of halogens is 1. The molecule has 1 aromatic heterocycles. The highest BCUT2D eigenvalue weighted by Gasteiger charge is 2.24. The van der Waals surface area contributed by atoms with Crippen LogP contribution in [0, 0.1) is 0 Å². The predicted octanol–water partition coefficient (Wildman–Crippen LogP) is 1.73. The molecule has 0 unspecified atom stereocenters. The molecule has 5 nitrogen and oxygen atoms in total. The van der Waals surface area contributed by atoms with E-state index in [1.54, 1.807) is 17.1 Å². The maximum Gasteiger partial charge on any atom is 0.257 e. The van der Waals surface area contributed by atoms with Gasteiger partial charge in [-0.1, -0.05) is 18.2 Å². The molecule has 1 fully saturated rings. The second-order valence-electron chi connectivity index (χ2n) is 5.06. The SMILES string of the molecule is C[C@@H]1CNCCN1C(=O)c1cnn(-c2ccccc2)c1.Cl. The summed E-state index contributed by atoms with van der Waals surface area (Å²) in [7, 11) is 0. The molecule has 1 amide bonds. The molecule has 6 heteroatoms. The molecule has 1 aromatic carbocycles. The third-order valence-corrected chi connectivity index (χ3v) is 3.61. The van der Waals surface area contributed by atoms with E-state index in [0.29, 0.717) is 5.56 Å². The Bertz CT molecular complexity index is 599. The van der Waals surface area contributed by atoms with E-state index in [-0.39, 0.29) is 24.4 Å². The van der Waals surface area contributed by atoms with E-state index in [1.165, 1.54) is 0 Å². The minimum atomic E-state index is 0. The van der Waals surface area contributed by atoms with Gasteiger partial charge in [-0.3, -0.25) is 4.79 Å². The van der Waals surface area contributed by atoms with E-state index in [2.05, 4.69) is 17.3 Å². The van der Waals surface area contributed by atoms with E-state index in [4.69, 9.17) is 0 Å². The van der Waals surface area contributed by atoms with Crippen LogP contribution in [-0.4, -0.2) is 46.3 Å². The van der Waals surface area contributed by atoms with Gasteiger partial charge in [0.25, 0.3) is 5.91 Å². The number of para-hydroxylation sites is 1. The zero-order chi connectivity index (χ0) is 13.9. The molecule has 1 saturated heterocycles. The fourth-order valence-electron chi connectivity index (χ4n) is 2.46. The molecule has 1 atom stereocenters. The van der Waals surface area contributed by atoms with Crippen LogP contribution >= 0.6 is 12.4 Å². The second kappa shape index (κ2) is 6.74. The van der Waals surface area contributed by atoms with Crippen LogP contribution in [-0.2, 0) is 0 Å². The molecule has 2 aromatic rings. The van der Waals surface area contributed by atoms with E-state index in [9.17, 15) is 4.79 Å². The molecular formula is C15H19ClN4O. The summed E-state index contributed by atoms with van der Waals surface area (Å²) in [5.74, 6) is 0.0566. The standard InChI is InChI=1S/C15H18N4O.ClH/c1-12-9-16-7-8-18(12)15(20)13-10-17-19(11-13)14-5-3-2-4-6-14;/h2-6,10-12,16H,7-9H2,1H3;1H/t12-;/m1./s1. The molecule has 3 rings (SSSR count). The first-order chi connectivity index (χ1) is 9.75. The van der Waals surface area contributed by atoms with Crippen molar-refractivity contribution in [2.24, 2.45) is 0 Å². The smallest absolute Gasteiger partial charge is 0.257 e. The number of nitrogens with one attached hydrogen (secondary N) is 1. The Morgan fingerprint density at radius 2 is 2.10 bits per heavy atom. The number of hydrogen-bond acceptors (Lipinski definition) is 3. The third kappa shape index (κ3) is 3.25. The molecule has 1 aliphatic rings. The monoisotopic (exact) mass is 306 g/mol. The topological polar surface area (TPSA) is 50.2 Å². The average molecular weight is 307 g/mol. The Morgan fingerprint density at radius 3 is 2.81 bits per heavy atom. The van der Waals surface area contributed by atoms with Gasteiger partial charge in [-0.05, 0) is 19.1 Å². The van der Waals surface area contributed by atoms with E-state index in [0.717, 1.165) is 25.3 Å². The van der Waals surface area contributed by atoms with Crippen molar-refractivity contribution in [3.8, 4) is 5.69 Å². The van der Waals surface area contributed by atoms with Crippen LogP contribution in [0.2, 0.25) is 0 Å². The second-order valence-corrected chi connectivity index (χ2v) is 5.06. The Balaban J connectivity index is 0.00000161. The van der Waals surface area contributed by atoms with Crippen molar-refractivity contribution in [1.29, 1.82) is 0 Å². The summed E-state index contributed by atoms with van der Waals surface area (Å²) < 4.78 is 1.74. The summed E-state index contributed by atoms with van der Waals surface area (Å²) >= 11 is 0. The number of piperazine rings is 1. The van der Waals surface area contributed by atoms with Crippen molar-refractivity contribution in [2.45, 2.75) is 13.0 Å². The summed E-state index contributed by atoms with van der Waals surface area (Å²) in [4.78, 5) is 14.4. The lowest BCUT2D eigenvalue weighted by atomic mass is 10.2. The average Bonchev–Trinajstić information content (AvgIpc) is 2.98. The fourth-order valence-corrected chi connectivity index (χ4v) is 2.46. The summed E-state index contributed by atoms with van der Waals surface area (Å²) in [6.45, 7) is 4.50. The number of amides is 1. The third-order valence-electron chi connectivity index (χ3n) is 3.61. The van der Waals surface area contributed by atoms with Crippen molar-refractivity contribution in [1.82, 2.24) is 20.0 Å². The molecule has 1 N–H and O–H groups in total. The Hall–Kier alpha value is -1.85. The lowest BCUT2D eigenvalue weighted by molar-refractivity contribution is 0.0656. The number of rotatable bonds is 2. The zero-order valence-corrected chi connectivity index (χ0v) is 12.7. The van der Waals surface area contributed by atoms with Crippen molar-refractivity contribution in [2.75, 3.05) is 19.6 Å². The Labute approximate surface area is 130 Å². The number of hydrogen-bond donors (Lipinski definition) is 1. The van der Waals surface area contributed by atoms with Gasteiger partial charge in [0, 0.05) is 31.9 Å². The van der Waals surface area contributed by atoms with Crippen LogP contribution < -0.4 is 5.32 Å². The quantitative estimate of drug-likeness (QED) is 0.919. The minimum absolute atomic E-state index is 0. The van der Waals surface area contributed by atoms with Gasteiger partial charge in [-0.15, -0.1) is 12.4 Å². The highest BCUT2D eigenvalue weighted by Crippen LogP contribution is 2.12. The lowest BCUT2D eigenvalue weighted by Crippen LogP contribution is -2.52. The van der Waals surface area contributed by atoms with Crippen LogP contribution in [0.25, 0.3) is 5.69 Å². The number of carbonyl (C=O) groups excluding carboxylic acids is 1. The van der Waals surface area contributed by atoms with Gasteiger partial charge in [0.05, 0.1) is 17.4 Å². The molecule has 0 radical (unpaired) electrons. The number of carbonyl (C=O) groups is 1. The molecule has 0 bridgehead atoms. The lowest BCUT2D eigenvalue weighted by Gasteiger charge is -2.33. The number of nitrogens with zero attached hydrogens (tertiary/aromatic N) is 3. The summed E-state index contributed by atoms with van der Waals surface area (Å²) in [5.41, 5.74) is 1.60. The zero-order valence-electron chi connectivity index (χ0n) is 11.9. The maximum atomic E-state index is 12.5. The van der Waals surface area contributed by atoms with Gasteiger partial charge >= 0.3 is 0 Å². The first-order valence-electron chi connectivity index (χ1n) is 6.87. The first kappa shape index (κ1) is 15.5. The maximum absolute atomic E-state index is 12.5. The van der Waals surface area contributed by atoms with E-state index >= 15 is 0 Å². The van der Waals surface area contributed by atoms with Gasteiger partial charge < -0.3 is 10.2 Å². The highest BCUT2D eigenvalue weighted by atomic mass is 35.5. The van der Waals surface area contributed by atoms with Crippen LogP contribution in [0.1, 0.15) is 17.3 Å². The minimum Gasteiger partial charge on any atom is -0.333 e. The van der Waals surface area contributed by atoms with Crippen LogP contribution in [0.15, 0.2) is 42.7 Å². The number of aromatic nitrogens is 2. The Morgan fingerprint density at radius 1 is 1.33 bits per heavy atom. The van der Waals surface area contributed by atoms with Crippen LogP contribution in [0.3, 0.4) is 0 Å². The molecule has 0 aliphatic carbocycles. The largest absolute Gasteiger partial charge is 0.333 e. The van der Waals surface area contributed by atoms with Gasteiger partial charge in [-0.2, -0.15) is 5.10 Å². The summed E-state index contributed by atoms with van der Waals surface area (Å²) in [6, 6.07) is 10.0. The van der Waals surface area contributed by atoms with Crippen molar-refractivity contribution in [3.05, 3.63) is 48.3 Å². The normalized spacial score (nSPS) is 18.1. The van der Waals surface area contributed by atoms with Gasteiger partial charge in [0.15, 0.2) is 0 Å². The molecule has 0 spiro atoms. The van der Waals surface area contributed by atoms with Gasteiger partial charge in [0.2, 0.25) is 0 Å². The van der Waals surface area contributed by atoms with Crippen molar-refractivity contribution >= 4 is 18.3 Å². The van der Waals surface area contributed by atoms with Crippen LogP contribution in [0.4, 0.5) is 0 Å². The van der Waals surface area contributed by atoms with Gasteiger partial charge in [-0.25, -0.2) is 4.68 Å². The van der Waals surface area contributed by atoms with Gasteiger partial charge in [0.1, 0.15) is 0 Å². The molecule has 0 saturated carbocycles. The van der Waals surface area contributed by atoms with Crippen molar-refractivity contribution < 1.29 is 4.79 Å². The molecule has 112 valence electrons. The first-order valence-corrected chi connectivity index (χ1v) is 6.87. The summed E-state index contributed by atoms with van der Waals surface area (Å²) in [5, 5.41) is 7.57. The van der Waals surface area contributed by atoms with Crippen molar-refractivity contribution in [3.63, 3.8) is 0 Å². The summed E-state index contributed by atoms with van der Waals surface area (Å²) in [6.07, 6.45) is 3.44. The van der Waals surface area contributed by atoms with E-state index < -0.39 is 0 Å². The van der Waals surface area contributed by atoms with E-state index in [1.807, 2.05) is 35.2 Å². The molecule has 2 heterocycles. The molecule has 1 aliphatic heterocycles. The Kier molecular flexibility index (Phi) is 4.98. The molecular weight excluding hydrogens is 288 g/mol. The molecule has 21 heavy (non-hydrogen) atoms. The fraction of sp³-hybridized carbons (Fsp3) is 0.333. The predicted molar refractivity (Wildman–Crippen MR) is 84.2 cm³/mol. The van der Waals surface area contributed by atoms with Crippen LogP contribution in [0.5, 0.6) is 0 Å².